The fourth-order valence-electron chi connectivity index (χ4n) is 4.03. The Morgan fingerprint density at radius 2 is 1.74 bits per heavy atom. The van der Waals surface area contributed by atoms with Gasteiger partial charge in [-0.2, -0.15) is 0 Å². The topological polar surface area (TPSA) is 26.8 Å². The molecule has 2 fully saturated rings. The lowest BCUT2D eigenvalue weighted by Gasteiger charge is -2.38. The Morgan fingerprint density at radius 3 is 2.48 bits per heavy atom. The predicted molar refractivity (Wildman–Crippen MR) is 105 cm³/mol. The predicted octanol–water partition coefficient (Wildman–Crippen LogP) is 4.59. The highest BCUT2D eigenvalue weighted by Gasteiger charge is 2.35. The zero-order valence-corrected chi connectivity index (χ0v) is 15.9. The molecule has 0 bridgehead atoms. The van der Waals surface area contributed by atoms with Gasteiger partial charge in [0.25, 0.3) is 0 Å². The number of carbonyl (C=O) groups excluding carboxylic acids is 1. The molecule has 6 heteroatoms. The Morgan fingerprint density at radius 1 is 1.00 bits per heavy atom. The first-order valence-corrected chi connectivity index (χ1v) is 9.82. The second kappa shape index (κ2) is 7.87. The molecule has 2 heterocycles. The first-order valence-electron chi connectivity index (χ1n) is 9.44. The minimum Gasteiger partial charge on any atom is -0.291 e. The molecule has 0 radical (unpaired) electrons. The molecule has 1 unspecified atom stereocenters. The maximum Gasteiger partial charge on any atom is 0.339 e. The van der Waals surface area contributed by atoms with Crippen LogP contribution in [0.25, 0.3) is 0 Å². The van der Waals surface area contributed by atoms with E-state index in [1.54, 1.807) is 17.0 Å². The monoisotopic (exact) mass is 387 g/mol. The Labute approximate surface area is 164 Å². The second-order valence-corrected chi connectivity index (χ2v) is 7.72. The highest BCUT2D eigenvalue weighted by molar-refractivity contribution is 6.30. The zero-order valence-electron chi connectivity index (χ0n) is 15.2. The summed E-state index contributed by atoms with van der Waals surface area (Å²) >= 11 is 5.97. The second-order valence-electron chi connectivity index (χ2n) is 7.29. The number of hydrazine groups is 1. The number of piperidine rings is 1. The molecule has 0 saturated carbocycles. The van der Waals surface area contributed by atoms with Gasteiger partial charge in [-0.1, -0.05) is 23.7 Å². The van der Waals surface area contributed by atoms with E-state index >= 15 is 0 Å². The van der Waals surface area contributed by atoms with E-state index in [2.05, 4.69) is 17.1 Å². The van der Waals surface area contributed by atoms with Crippen LogP contribution in [0.15, 0.2) is 48.5 Å². The van der Waals surface area contributed by atoms with E-state index in [4.69, 9.17) is 11.6 Å². The summed E-state index contributed by atoms with van der Waals surface area (Å²) < 4.78 is 13.2. The van der Waals surface area contributed by atoms with E-state index in [-0.39, 0.29) is 11.8 Å². The van der Waals surface area contributed by atoms with Crippen molar-refractivity contribution in [2.45, 2.75) is 19.3 Å². The molecular weight excluding hydrogens is 365 g/mol. The van der Waals surface area contributed by atoms with E-state index in [9.17, 15) is 9.18 Å². The summed E-state index contributed by atoms with van der Waals surface area (Å²) in [6, 6.07) is 14.1. The minimum absolute atomic E-state index is 0.0197. The number of benzene rings is 2. The number of anilines is 1. The van der Waals surface area contributed by atoms with Crippen molar-refractivity contribution in [3.63, 3.8) is 0 Å². The molecule has 2 aliphatic rings. The lowest BCUT2D eigenvalue weighted by atomic mass is 9.92. The van der Waals surface area contributed by atoms with E-state index in [0.29, 0.717) is 19.0 Å². The van der Waals surface area contributed by atoms with Crippen molar-refractivity contribution in [3.8, 4) is 0 Å². The average molecular weight is 388 g/mol. The third-order valence-corrected chi connectivity index (χ3v) is 5.65. The molecule has 1 atom stereocenters. The molecule has 2 aromatic rings. The van der Waals surface area contributed by atoms with Crippen molar-refractivity contribution in [3.05, 3.63) is 64.9 Å². The number of nitrogens with zero attached hydrogens (tertiary/aromatic N) is 3. The van der Waals surface area contributed by atoms with Crippen molar-refractivity contribution in [2.75, 3.05) is 31.1 Å². The molecule has 2 saturated heterocycles. The summed E-state index contributed by atoms with van der Waals surface area (Å²) in [5.41, 5.74) is 2.03. The molecule has 0 aromatic heterocycles. The molecule has 0 spiro atoms. The third kappa shape index (κ3) is 4.09. The fraction of sp³-hybridized carbons (Fsp3) is 0.381. The number of hydrogen-bond donors (Lipinski definition) is 0. The first kappa shape index (κ1) is 18.3. The first-order chi connectivity index (χ1) is 13.1. The highest BCUT2D eigenvalue weighted by atomic mass is 35.5. The molecule has 27 heavy (non-hydrogen) atoms. The summed E-state index contributed by atoms with van der Waals surface area (Å²) in [5, 5.41) is 4.81. The number of hydrogen-bond acceptors (Lipinski definition) is 2. The van der Waals surface area contributed by atoms with Crippen molar-refractivity contribution >= 4 is 23.3 Å². The molecule has 2 aliphatic heterocycles. The van der Waals surface area contributed by atoms with Crippen LogP contribution >= 0.6 is 11.6 Å². The van der Waals surface area contributed by atoms with Gasteiger partial charge in [0.05, 0.1) is 6.54 Å². The van der Waals surface area contributed by atoms with Gasteiger partial charge < -0.3 is 0 Å². The van der Waals surface area contributed by atoms with Crippen LogP contribution in [-0.2, 0) is 6.42 Å². The fourth-order valence-corrected chi connectivity index (χ4v) is 4.16. The van der Waals surface area contributed by atoms with Gasteiger partial charge in [0.15, 0.2) is 0 Å². The summed E-state index contributed by atoms with van der Waals surface area (Å²) in [4.78, 5) is 14.6. The quantitative estimate of drug-likeness (QED) is 0.767. The van der Waals surface area contributed by atoms with Gasteiger partial charge >= 0.3 is 6.03 Å². The van der Waals surface area contributed by atoms with Gasteiger partial charge in [-0.25, -0.2) is 14.2 Å². The van der Waals surface area contributed by atoms with Gasteiger partial charge in [0, 0.05) is 30.3 Å². The van der Waals surface area contributed by atoms with Gasteiger partial charge in [0.1, 0.15) is 5.82 Å². The molecule has 0 aliphatic carbocycles. The largest absolute Gasteiger partial charge is 0.339 e. The lowest BCUT2D eigenvalue weighted by Crippen LogP contribution is -2.50. The molecule has 2 aromatic carbocycles. The average Bonchev–Trinajstić information content (AvgIpc) is 3.06. The normalized spacial score (nSPS) is 21.1. The standard InChI is InChI=1S/C21H23ClFN3O/c22-18-5-3-16(4-6-18)14-17-2-1-11-24(15-17)26-13-12-25(21(26)27)20-9-7-19(23)8-10-20/h3-10,17H,1-2,11-15H2. The van der Waals surface area contributed by atoms with Gasteiger partial charge in [0.2, 0.25) is 0 Å². The Kier molecular flexibility index (Phi) is 5.32. The van der Waals surface area contributed by atoms with Crippen LogP contribution < -0.4 is 4.90 Å². The van der Waals surface area contributed by atoms with Crippen LogP contribution in [0.1, 0.15) is 18.4 Å². The number of amides is 2. The number of halogens is 2. The number of rotatable bonds is 4. The Balaban J connectivity index is 1.40. The van der Waals surface area contributed by atoms with Gasteiger partial charge in [-0.15, -0.1) is 0 Å². The summed E-state index contributed by atoms with van der Waals surface area (Å²) in [5.74, 6) is 0.232. The van der Waals surface area contributed by atoms with Gasteiger partial charge in [-0.3, -0.25) is 9.91 Å². The van der Waals surface area contributed by atoms with Crippen molar-refractivity contribution in [2.24, 2.45) is 5.92 Å². The number of urea groups is 1. The van der Waals surface area contributed by atoms with Crippen LogP contribution in [0.5, 0.6) is 0 Å². The zero-order chi connectivity index (χ0) is 18.8. The molecule has 4 rings (SSSR count). The molecular formula is C21H23ClFN3O. The minimum atomic E-state index is -0.289. The van der Waals surface area contributed by atoms with Crippen LogP contribution in [0.3, 0.4) is 0 Å². The Hall–Kier alpha value is -2.11. The number of carbonyl (C=O) groups is 1. The summed E-state index contributed by atoms with van der Waals surface area (Å²) in [7, 11) is 0. The van der Waals surface area contributed by atoms with E-state index in [0.717, 1.165) is 36.6 Å². The van der Waals surface area contributed by atoms with Crippen molar-refractivity contribution in [1.82, 2.24) is 10.0 Å². The highest BCUT2D eigenvalue weighted by Crippen LogP contribution is 2.27. The van der Waals surface area contributed by atoms with Crippen LogP contribution in [-0.4, -0.2) is 42.2 Å². The Bertz CT molecular complexity index is 796. The maximum atomic E-state index is 13.2. The van der Waals surface area contributed by atoms with E-state index in [1.807, 2.05) is 17.1 Å². The molecule has 4 nitrogen and oxygen atoms in total. The van der Waals surface area contributed by atoms with Crippen molar-refractivity contribution in [1.29, 1.82) is 0 Å². The molecule has 142 valence electrons. The summed E-state index contributed by atoms with van der Waals surface area (Å²) in [6.45, 7) is 3.08. The van der Waals surface area contributed by atoms with Gasteiger partial charge in [-0.05, 0) is 67.1 Å². The van der Waals surface area contributed by atoms with Crippen LogP contribution in [0.4, 0.5) is 14.9 Å². The van der Waals surface area contributed by atoms with Crippen molar-refractivity contribution < 1.29 is 9.18 Å². The van der Waals surface area contributed by atoms with Crippen LogP contribution in [0.2, 0.25) is 5.02 Å². The SMILES string of the molecule is O=C1N(c2ccc(F)cc2)CCN1N1CCCC(Cc2ccc(Cl)cc2)C1. The van der Waals surface area contributed by atoms with Crippen LogP contribution in [0, 0.1) is 11.7 Å². The maximum absolute atomic E-state index is 13.2. The third-order valence-electron chi connectivity index (χ3n) is 5.40. The summed E-state index contributed by atoms with van der Waals surface area (Å²) in [6.07, 6.45) is 3.25. The molecule has 2 amide bonds. The lowest BCUT2D eigenvalue weighted by molar-refractivity contribution is -0.00402. The smallest absolute Gasteiger partial charge is 0.291 e. The molecule has 0 N–H and O–H groups in total. The van der Waals surface area contributed by atoms with E-state index < -0.39 is 0 Å². The van der Waals surface area contributed by atoms with E-state index in [1.165, 1.54) is 24.1 Å².